The molecule has 30 heavy (non-hydrogen) atoms. The fourth-order valence-corrected chi connectivity index (χ4v) is 4.35. The number of rotatable bonds is 7. The molecule has 0 bridgehead atoms. The Morgan fingerprint density at radius 1 is 1.10 bits per heavy atom. The minimum atomic E-state index is 0.241. The van der Waals surface area contributed by atoms with Crippen LogP contribution in [-0.2, 0) is 11.3 Å². The van der Waals surface area contributed by atoms with E-state index in [1.807, 2.05) is 13.2 Å². The van der Waals surface area contributed by atoms with Crippen LogP contribution in [0.5, 0.6) is 0 Å². The first-order valence-corrected chi connectivity index (χ1v) is 11.7. The molecule has 1 aromatic heterocycles. The zero-order valence-corrected chi connectivity index (χ0v) is 19.1. The fourth-order valence-electron chi connectivity index (χ4n) is 4.35. The molecule has 2 aliphatic heterocycles. The van der Waals surface area contributed by atoms with E-state index in [9.17, 15) is 0 Å². The lowest BCUT2D eigenvalue weighted by atomic mass is 10.2. The van der Waals surface area contributed by atoms with E-state index in [-0.39, 0.29) is 12.2 Å². The standard InChI is InChI=1S/C23H40N6O/c1-19-17-29(18-20(2)30-19)22-10-9-21(15-26-22)16-27-23(24-3)25-11-8-14-28-12-6-4-5-7-13-28/h9-10,15,19-20H,4-8,11-14,16-18H2,1-3H3,(H2,24,25,27). The van der Waals surface area contributed by atoms with Gasteiger partial charge in [-0.05, 0) is 64.4 Å². The van der Waals surface area contributed by atoms with Gasteiger partial charge in [-0.15, -0.1) is 0 Å². The minimum Gasteiger partial charge on any atom is -0.372 e. The second kappa shape index (κ2) is 12.1. The van der Waals surface area contributed by atoms with E-state index in [1.54, 1.807) is 0 Å². The van der Waals surface area contributed by atoms with E-state index in [2.05, 4.69) is 56.4 Å². The van der Waals surface area contributed by atoms with E-state index in [0.29, 0.717) is 0 Å². The molecule has 0 aromatic carbocycles. The molecule has 0 radical (unpaired) electrons. The Hall–Kier alpha value is -1.86. The summed E-state index contributed by atoms with van der Waals surface area (Å²) in [5.74, 6) is 1.88. The number of aromatic nitrogens is 1. The van der Waals surface area contributed by atoms with Crippen LogP contribution in [0, 0.1) is 0 Å². The third-order valence-electron chi connectivity index (χ3n) is 5.88. The Morgan fingerprint density at radius 2 is 1.83 bits per heavy atom. The third kappa shape index (κ3) is 7.43. The van der Waals surface area contributed by atoms with Crippen LogP contribution in [0.3, 0.4) is 0 Å². The molecule has 0 saturated carbocycles. The molecule has 2 aliphatic rings. The molecule has 2 saturated heterocycles. The maximum Gasteiger partial charge on any atom is 0.191 e. The van der Waals surface area contributed by atoms with Gasteiger partial charge < -0.3 is 25.2 Å². The Kier molecular flexibility index (Phi) is 9.21. The molecule has 0 amide bonds. The second-order valence-corrected chi connectivity index (χ2v) is 8.65. The highest BCUT2D eigenvalue weighted by Gasteiger charge is 2.22. The van der Waals surface area contributed by atoms with Crippen LogP contribution in [-0.4, -0.2) is 74.4 Å². The van der Waals surface area contributed by atoms with Crippen molar-refractivity contribution in [1.29, 1.82) is 0 Å². The zero-order chi connectivity index (χ0) is 21.2. The number of anilines is 1. The molecule has 2 unspecified atom stereocenters. The van der Waals surface area contributed by atoms with Gasteiger partial charge in [-0.3, -0.25) is 4.99 Å². The molecular formula is C23H40N6O. The van der Waals surface area contributed by atoms with E-state index in [1.165, 1.54) is 45.3 Å². The number of guanidine groups is 1. The van der Waals surface area contributed by atoms with Gasteiger partial charge in [0.05, 0.1) is 12.2 Å². The minimum absolute atomic E-state index is 0.241. The second-order valence-electron chi connectivity index (χ2n) is 8.65. The van der Waals surface area contributed by atoms with E-state index in [0.717, 1.165) is 49.9 Å². The first-order valence-electron chi connectivity index (χ1n) is 11.7. The molecule has 0 aliphatic carbocycles. The summed E-state index contributed by atoms with van der Waals surface area (Å²) in [5.41, 5.74) is 1.15. The average molecular weight is 417 g/mol. The van der Waals surface area contributed by atoms with Gasteiger partial charge in [0.25, 0.3) is 0 Å². The van der Waals surface area contributed by atoms with Gasteiger partial charge in [0, 0.05) is 39.4 Å². The van der Waals surface area contributed by atoms with Crippen LogP contribution in [0.25, 0.3) is 0 Å². The van der Waals surface area contributed by atoms with Crippen LogP contribution < -0.4 is 15.5 Å². The van der Waals surface area contributed by atoms with Crippen molar-refractivity contribution in [2.24, 2.45) is 4.99 Å². The topological polar surface area (TPSA) is 65.0 Å². The number of aliphatic imine (C=N–C) groups is 1. The van der Waals surface area contributed by atoms with Gasteiger partial charge >= 0.3 is 0 Å². The highest BCUT2D eigenvalue weighted by Crippen LogP contribution is 2.18. The Bertz CT molecular complexity index is 632. The quantitative estimate of drug-likeness (QED) is 0.405. The molecule has 3 heterocycles. The van der Waals surface area contributed by atoms with Gasteiger partial charge in [0.15, 0.2) is 5.96 Å². The van der Waals surface area contributed by atoms with Gasteiger partial charge in [-0.25, -0.2) is 4.98 Å². The number of likely N-dealkylation sites (tertiary alicyclic amines) is 1. The molecule has 2 atom stereocenters. The molecule has 7 nitrogen and oxygen atoms in total. The van der Waals surface area contributed by atoms with Crippen molar-refractivity contribution in [1.82, 2.24) is 20.5 Å². The highest BCUT2D eigenvalue weighted by molar-refractivity contribution is 5.79. The molecule has 168 valence electrons. The number of ether oxygens (including phenoxy) is 1. The maximum absolute atomic E-state index is 5.82. The number of morpholine rings is 1. The summed E-state index contributed by atoms with van der Waals surface area (Å²) in [6.07, 6.45) is 9.08. The van der Waals surface area contributed by atoms with Crippen LogP contribution in [0.1, 0.15) is 51.5 Å². The first kappa shape index (κ1) is 22.8. The van der Waals surface area contributed by atoms with Crippen molar-refractivity contribution < 1.29 is 4.74 Å². The molecule has 7 heteroatoms. The van der Waals surface area contributed by atoms with Crippen molar-refractivity contribution in [3.8, 4) is 0 Å². The number of nitrogens with zero attached hydrogens (tertiary/aromatic N) is 4. The Morgan fingerprint density at radius 3 is 2.47 bits per heavy atom. The van der Waals surface area contributed by atoms with Crippen molar-refractivity contribution in [2.45, 2.75) is 64.7 Å². The molecule has 1 aromatic rings. The molecule has 3 rings (SSSR count). The average Bonchev–Trinajstić information content (AvgIpc) is 3.02. The summed E-state index contributed by atoms with van der Waals surface area (Å²) >= 11 is 0. The van der Waals surface area contributed by atoms with Gasteiger partial charge in [0.1, 0.15) is 5.82 Å². The van der Waals surface area contributed by atoms with Crippen LogP contribution >= 0.6 is 0 Å². The van der Waals surface area contributed by atoms with Gasteiger partial charge in [-0.2, -0.15) is 0 Å². The van der Waals surface area contributed by atoms with Crippen molar-refractivity contribution in [2.75, 3.05) is 51.2 Å². The Labute approximate surface area is 182 Å². The Balaban J connectivity index is 1.37. The summed E-state index contributed by atoms with van der Waals surface area (Å²) in [5, 5.41) is 6.84. The lowest BCUT2D eigenvalue weighted by Gasteiger charge is -2.36. The largest absolute Gasteiger partial charge is 0.372 e. The highest BCUT2D eigenvalue weighted by atomic mass is 16.5. The lowest BCUT2D eigenvalue weighted by molar-refractivity contribution is -0.00545. The number of hydrogen-bond acceptors (Lipinski definition) is 5. The first-order chi connectivity index (χ1) is 14.6. The van der Waals surface area contributed by atoms with Crippen molar-refractivity contribution in [3.05, 3.63) is 23.9 Å². The fraction of sp³-hybridized carbons (Fsp3) is 0.739. The number of hydrogen-bond donors (Lipinski definition) is 2. The molecular weight excluding hydrogens is 376 g/mol. The summed E-state index contributed by atoms with van der Waals surface area (Å²) in [6, 6.07) is 4.26. The van der Waals surface area contributed by atoms with Crippen LogP contribution in [0.15, 0.2) is 23.3 Å². The summed E-state index contributed by atoms with van der Waals surface area (Å²) in [6.45, 7) is 11.4. The van der Waals surface area contributed by atoms with E-state index in [4.69, 9.17) is 4.74 Å². The number of nitrogens with one attached hydrogen (secondary N) is 2. The zero-order valence-electron chi connectivity index (χ0n) is 19.1. The van der Waals surface area contributed by atoms with Gasteiger partial charge in [0.2, 0.25) is 0 Å². The summed E-state index contributed by atoms with van der Waals surface area (Å²) < 4.78 is 5.82. The molecule has 2 N–H and O–H groups in total. The van der Waals surface area contributed by atoms with Gasteiger partial charge in [-0.1, -0.05) is 18.9 Å². The van der Waals surface area contributed by atoms with Crippen molar-refractivity contribution >= 4 is 11.8 Å². The normalized spacial score (nSPS) is 23.8. The number of pyridine rings is 1. The molecule has 2 fully saturated rings. The van der Waals surface area contributed by atoms with Crippen LogP contribution in [0.4, 0.5) is 5.82 Å². The lowest BCUT2D eigenvalue weighted by Crippen LogP contribution is -2.45. The van der Waals surface area contributed by atoms with Crippen molar-refractivity contribution in [3.63, 3.8) is 0 Å². The third-order valence-corrected chi connectivity index (χ3v) is 5.88. The summed E-state index contributed by atoms with van der Waals surface area (Å²) in [4.78, 5) is 13.9. The smallest absolute Gasteiger partial charge is 0.191 e. The van der Waals surface area contributed by atoms with Crippen LogP contribution in [0.2, 0.25) is 0 Å². The SMILES string of the molecule is CN=C(NCCCN1CCCCCC1)NCc1ccc(N2CC(C)OC(C)C2)nc1. The predicted molar refractivity (Wildman–Crippen MR) is 124 cm³/mol. The van der Waals surface area contributed by atoms with E-state index >= 15 is 0 Å². The summed E-state index contributed by atoms with van der Waals surface area (Å²) in [7, 11) is 1.83. The van der Waals surface area contributed by atoms with E-state index < -0.39 is 0 Å². The predicted octanol–water partition coefficient (Wildman–Crippen LogP) is 2.63. The monoisotopic (exact) mass is 416 g/mol. The maximum atomic E-state index is 5.82. The molecule has 0 spiro atoms.